The van der Waals surface area contributed by atoms with E-state index in [-0.39, 0.29) is 17.4 Å². The largest absolute Gasteiger partial charge is 0.453 e. The zero-order valence-corrected chi connectivity index (χ0v) is 21.9. The molecule has 2 saturated heterocycles. The summed E-state index contributed by atoms with van der Waals surface area (Å²) in [6, 6.07) is 10.7. The number of ether oxygens (including phenoxy) is 1. The van der Waals surface area contributed by atoms with Crippen LogP contribution in [0.1, 0.15) is 42.2 Å². The summed E-state index contributed by atoms with van der Waals surface area (Å²) >= 11 is 1.62. The predicted octanol–water partition coefficient (Wildman–Crippen LogP) is 3.45. The molecule has 0 bridgehead atoms. The Hall–Kier alpha value is -2.43. The van der Waals surface area contributed by atoms with E-state index in [1.807, 2.05) is 22.4 Å². The molecule has 1 N–H and O–H groups in total. The summed E-state index contributed by atoms with van der Waals surface area (Å²) in [5.74, 6) is 0.216. The first-order chi connectivity index (χ1) is 16.7. The second-order valence-electron chi connectivity index (χ2n) is 9.51. The minimum Gasteiger partial charge on any atom is -0.453 e. The highest BCUT2D eigenvalue weighted by Gasteiger charge is 2.47. The maximum Gasteiger partial charge on any atom is 0.407 e. The van der Waals surface area contributed by atoms with Crippen molar-refractivity contribution < 1.29 is 22.7 Å². The molecule has 4 rings (SSSR count). The zero-order valence-electron chi connectivity index (χ0n) is 20.2. The molecule has 0 aliphatic carbocycles. The van der Waals surface area contributed by atoms with Crippen molar-refractivity contribution in [2.75, 3.05) is 39.5 Å². The van der Waals surface area contributed by atoms with Crippen LogP contribution in [0.15, 0.2) is 46.7 Å². The second kappa shape index (κ2) is 10.7. The quantitative estimate of drug-likeness (QED) is 0.574. The van der Waals surface area contributed by atoms with Crippen LogP contribution >= 0.6 is 11.3 Å². The highest BCUT2D eigenvalue weighted by Crippen LogP contribution is 2.42. The molecule has 1 unspecified atom stereocenters. The number of carbonyl (C=O) groups is 2. The lowest BCUT2D eigenvalue weighted by Crippen LogP contribution is -2.45. The van der Waals surface area contributed by atoms with Crippen molar-refractivity contribution in [3.63, 3.8) is 0 Å². The van der Waals surface area contributed by atoms with Gasteiger partial charge in [0.25, 0.3) is 0 Å². The zero-order chi connectivity index (χ0) is 25.1. The van der Waals surface area contributed by atoms with E-state index in [0.29, 0.717) is 11.4 Å². The number of alkyl carbamates (subject to hydrolysis) is 1. The van der Waals surface area contributed by atoms with Crippen LogP contribution in [0.4, 0.5) is 4.79 Å². The summed E-state index contributed by atoms with van der Waals surface area (Å²) in [5.41, 5.74) is 0.652. The summed E-state index contributed by atoms with van der Waals surface area (Å²) < 4.78 is 28.2. The van der Waals surface area contributed by atoms with Gasteiger partial charge in [-0.05, 0) is 67.9 Å². The number of hydrogen-bond donors (Lipinski definition) is 1. The number of hydrogen-bond acceptors (Lipinski definition) is 7. The first kappa shape index (κ1) is 25.7. The van der Waals surface area contributed by atoms with Gasteiger partial charge in [0, 0.05) is 30.8 Å². The molecule has 35 heavy (non-hydrogen) atoms. The smallest absolute Gasteiger partial charge is 0.407 e. The number of piperidine rings is 1. The maximum atomic E-state index is 13.3. The summed E-state index contributed by atoms with van der Waals surface area (Å²) in [7, 11) is -1.85. The van der Waals surface area contributed by atoms with E-state index in [9.17, 15) is 18.0 Å². The lowest BCUT2D eigenvalue weighted by Gasteiger charge is -2.38. The van der Waals surface area contributed by atoms with Gasteiger partial charge in [-0.1, -0.05) is 18.2 Å². The minimum atomic E-state index is -3.23. The van der Waals surface area contributed by atoms with Gasteiger partial charge in [-0.3, -0.25) is 4.79 Å². The molecule has 2 aliphatic rings. The molecular weight excluding hydrogens is 486 g/mol. The van der Waals surface area contributed by atoms with Crippen molar-refractivity contribution in [1.82, 2.24) is 15.1 Å². The van der Waals surface area contributed by atoms with Gasteiger partial charge in [0.05, 0.1) is 23.5 Å². The van der Waals surface area contributed by atoms with Gasteiger partial charge in [0.1, 0.15) is 0 Å². The standard InChI is InChI=1S/C25H33N3O5S2/c1-33-24(30)26-21(22-4-3-17-34-22)9-13-27-14-10-25(11-15-27)12-16-28(23(25)29)18-19-5-7-20(8-6-19)35(2,31)32/h3-8,17,21H,9-16,18H2,1-2H3,(H,26,30). The van der Waals surface area contributed by atoms with E-state index in [0.717, 1.165) is 62.3 Å². The average molecular weight is 520 g/mol. The molecular formula is C25H33N3O5S2. The van der Waals surface area contributed by atoms with Crippen molar-refractivity contribution >= 4 is 33.2 Å². The number of amides is 2. The Morgan fingerprint density at radius 2 is 1.83 bits per heavy atom. The van der Waals surface area contributed by atoms with Crippen molar-refractivity contribution in [3.8, 4) is 0 Å². The van der Waals surface area contributed by atoms with Crippen molar-refractivity contribution in [2.45, 2.75) is 43.2 Å². The number of methoxy groups -OCH3 is 1. The number of carbonyl (C=O) groups excluding carboxylic acids is 2. The molecule has 8 nitrogen and oxygen atoms in total. The lowest BCUT2D eigenvalue weighted by molar-refractivity contribution is -0.138. The predicted molar refractivity (Wildman–Crippen MR) is 135 cm³/mol. The van der Waals surface area contributed by atoms with Crippen molar-refractivity contribution in [2.24, 2.45) is 5.41 Å². The molecule has 1 spiro atoms. The number of likely N-dealkylation sites (tertiary alicyclic amines) is 2. The van der Waals surface area contributed by atoms with Crippen LogP contribution in [0.5, 0.6) is 0 Å². The van der Waals surface area contributed by atoms with Gasteiger partial charge >= 0.3 is 6.09 Å². The average Bonchev–Trinajstić information content (AvgIpc) is 3.48. The molecule has 1 aromatic heterocycles. The molecule has 10 heteroatoms. The Balaban J connectivity index is 1.30. The van der Waals surface area contributed by atoms with Crippen LogP contribution in [-0.2, 0) is 25.9 Å². The van der Waals surface area contributed by atoms with E-state index < -0.39 is 15.9 Å². The summed E-state index contributed by atoms with van der Waals surface area (Å²) in [6.07, 6.45) is 4.09. The van der Waals surface area contributed by atoms with Gasteiger partial charge in [-0.2, -0.15) is 0 Å². The molecule has 2 amide bonds. The molecule has 1 aromatic carbocycles. The number of nitrogens with one attached hydrogen (secondary N) is 1. The van der Waals surface area contributed by atoms with Crippen LogP contribution in [0.2, 0.25) is 0 Å². The van der Waals surface area contributed by atoms with E-state index >= 15 is 0 Å². The fourth-order valence-corrected chi connectivity index (χ4v) is 6.51. The van der Waals surface area contributed by atoms with Gasteiger partial charge < -0.3 is 19.9 Å². The Morgan fingerprint density at radius 3 is 2.43 bits per heavy atom. The molecule has 0 radical (unpaired) electrons. The third kappa shape index (κ3) is 6.05. The summed E-state index contributed by atoms with van der Waals surface area (Å²) in [5, 5.41) is 4.94. The molecule has 190 valence electrons. The van der Waals surface area contributed by atoms with E-state index in [4.69, 9.17) is 4.74 Å². The van der Waals surface area contributed by atoms with Crippen LogP contribution in [-0.4, -0.2) is 69.8 Å². The number of thiophene rings is 1. The highest BCUT2D eigenvalue weighted by molar-refractivity contribution is 7.90. The summed E-state index contributed by atoms with van der Waals surface area (Å²) in [6.45, 7) is 3.80. The first-order valence-corrected chi connectivity index (χ1v) is 14.7. The van der Waals surface area contributed by atoms with E-state index in [2.05, 4.69) is 10.2 Å². The summed E-state index contributed by atoms with van der Waals surface area (Å²) in [4.78, 5) is 30.8. The van der Waals surface area contributed by atoms with Crippen LogP contribution in [0.25, 0.3) is 0 Å². The lowest BCUT2D eigenvalue weighted by atomic mass is 9.77. The van der Waals surface area contributed by atoms with Crippen LogP contribution in [0.3, 0.4) is 0 Å². The maximum absolute atomic E-state index is 13.3. The fraction of sp³-hybridized carbons (Fsp3) is 0.520. The minimum absolute atomic E-state index is 0.0870. The van der Waals surface area contributed by atoms with Gasteiger partial charge in [0.15, 0.2) is 9.84 Å². The Morgan fingerprint density at radius 1 is 1.14 bits per heavy atom. The van der Waals surface area contributed by atoms with Crippen molar-refractivity contribution in [1.29, 1.82) is 0 Å². The third-order valence-corrected chi connectivity index (χ3v) is 9.35. The number of rotatable bonds is 8. The number of nitrogens with zero attached hydrogens (tertiary/aromatic N) is 2. The monoisotopic (exact) mass is 519 g/mol. The number of sulfone groups is 1. The normalized spacial score (nSPS) is 19.1. The number of benzene rings is 1. The fourth-order valence-electron chi connectivity index (χ4n) is 5.06. The highest BCUT2D eigenvalue weighted by atomic mass is 32.2. The molecule has 2 aromatic rings. The van der Waals surface area contributed by atoms with Crippen LogP contribution in [0, 0.1) is 5.41 Å². The molecule has 2 fully saturated rings. The second-order valence-corrected chi connectivity index (χ2v) is 12.5. The Labute approximate surface area is 211 Å². The van der Waals surface area contributed by atoms with Crippen molar-refractivity contribution in [3.05, 3.63) is 52.2 Å². The SMILES string of the molecule is COC(=O)NC(CCN1CCC2(CC1)CCN(Cc1ccc(S(C)(=O)=O)cc1)C2=O)c1cccs1. The third-order valence-electron chi connectivity index (χ3n) is 7.24. The van der Waals surface area contributed by atoms with Gasteiger partial charge in [-0.15, -0.1) is 11.3 Å². The molecule has 2 aliphatic heterocycles. The Bertz CT molecular complexity index is 1120. The molecule has 3 heterocycles. The molecule has 0 saturated carbocycles. The van der Waals surface area contributed by atoms with E-state index in [1.165, 1.54) is 13.4 Å². The first-order valence-electron chi connectivity index (χ1n) is 11.9. The Kier molecular flexibility index (Phi) is 7.83. The van der Waals surface area contributed by atoms with Gasteiger partial charge in [-0.25, -0.2) is 13.2 Å². The van der Waals surface area contributed by atoms with Crippen LogP contribution < -0.4 is 5.32 Å². The van der Waals surface area contributed by atoms with Gasteiger partial charge in [0.2, 0.25) is 5.91 Å². The molecule has 1 atom stereocenters. The topological polar surface area (TPSA) is 96.0 Å². The van der Waals surface area contributed by atoms with E-state index in [1.54, 1.807) is 35.6 Å².